The van der Waals surface area contributed by atoms with Gasteiger partial charge in [-0.25, -0.2) is 0 Å². The molecule has 2 heteroatoms. The number of hydrogen-bond donors (Lipinski definition) is 2. The van der Waals surface area contributed by atoms with E-state index in [1.54, 1.807) is 0 Å². The molecule has 0 saturated carbocycles. The maximum atomic E-state index is 9.51. The van der Waals surface area contributed by atoms with Gasteiger partial charge in [0, 0.05) is 6.42 Å². The summed E-state index contributed by atoms with van der Waals surface area (Å²) in [5, 5.41) is 9.51. The fourth-order valence-electron chi connectivity index (χ4n) is 2.91. The van der Waals surface area contributed by atoms with Crippen LogP contribution in [0.15, 0.2) is 11.8 Å². The van der Waals surface area contributed by atoms with Crippen LogP contribution in [0.2, 0.25) is 0 Å². The molecule has 0 spiro atoms. The summed E-state index contributed by atoms with van der Waals surface area (Å²) >= 11 is 0. The van der Waals surface area contributed by atoms with Gasteiger partial charge < -0.3 is 10.8 Å². The molecule has 0 saturated heterocycles. The van der Waals surface area contributed by atoms with Crippen molar-refractivity contribution in [1.82, 2.24) is 0 Å². The minimum Gasteiger partial charge on any atom is -0.513 e. The van der Waals surface area contributed by atoms with Crippen molar-refractivity contribution < 1.29 is 5.11 Å². The first-order chi connectivity index (χ1) is 10.8. The van der Waals surface area contributed by atoms with Crippen molar-refractivity contribution in [3.8, 4) is 0 Å². The zero-order chi connectivity index (χ0) is 16.3. The molecule has 0 aromatic heterocycles. The zero-order valence-corrected chi connectivity index (χ0v) is 15.1. The summed E-state index contributed by atoms with van der Waals surface area (Å²) in [4.78, 5) is 0. The second-order valence-electron chi connectivity index (χ2n) is 6.59. The summed E-state index contributed by atoms with van der Waals surface area (Å²) in [5.41, 5.74) is 5.49. The van der Waals surface area contributed by atoms with Gasteiger partial charge >= 0.3 is 0 Å². The van der Waals surface area contributed by atoms with Gasteiger partial charge in [0.1, 0.15) is 0 Å². The van der Waals surface area contributed by atoms with Gasteiger partial charge in [0.05, 0.1) is 5.76 Å². The molecule has 0 aromatic carbocycles. The third kappa shape index (κ3) is 17.6. The van der Waals surface area contributed by atoms with E-state index in [1.165, 1.54) is 83.5 Å². The van der Waals surface area contributed by atoms with Gasteiger partial charge in [0.25, 0.3) is 0 Å². The number of nitrogens with two attached hydrogens (primary N) is 1. The molecule has 22 heavy (non-hydrogen) atoms. The van der Waals surface area contributed by atoms with Gasteiger partial charge in [-0.1, -0.05) is 84.0 Å². The van der Waals surface area contributed by atoms with Crippen molar-refractivity contribution in [2.24, 2.45) is 5.73 Å². The fraction of sp³-hybridized carbons (Fsp3) is 0.900. The molecule has 0 amide bonds. The second-order valence-corrected chi connectivity index (χ2v) is 6.59. The summed E-state index contributed by atoms with van der Waals surface area (Å²) < 4.78 is 0. The predicted molar refractivity (Wildman–Crippen MR) is 99.3 cm³/mol. The molecule has 0 rings (SSSR count). The highest BCUT2D eigenvalue weighted by molar-refractivity contribution is 4.89. The van der Waals surface area contributed by atoms with Gasteiger partial charge in [-0.15, -0.1) is 0 Å². The molecule has 0 atom stereocenters. The maximum absolute atomic E-state index is 9.51. The van der Waals surface area contributed by atoms with Crippen LogP contribution in [0.5, 0.6) is 0 Å². The fourth-order valence-corrected chi connectivity index (χ4v) is 2.91. The van der Waals surface area contributed by atoms with Crippen molar-refractivity contribution in [2.75, 3.05) is 6.54 Å². The molecular weight excluding hydrogens is 270 g/mol. The predicted octanol–water partition coefficient (Wildman–Crippen LogP) is 6.65. The highest BCUT2D eigenvalue weighted by Crippen LogP contribution is 2.14. The summed E-state index contributed by atoms with van der Waals surface area (Å²) in [6.45, 7) is 2.93. The third-order valence-electron chi connectivity index (χ3n) is 4.33. The highest BCUT2D eigenvalue weighted by atomic mass is 16.3. The highest BCUT2D eigenvalue weighted by Gasteiger charge is 1.95. The number of rotatable bonds is 17. The first kappa shape index (κ1) is 21.5. The van der Waals surface area contributed by atoms with Crippen molar-refractivity contribution in [3.63, 3.8) is 0 Å². The average molecular weight is 312 g/mol. The molecule has 0 fully saturated rings. The van der Waals surface area contributed by atoms with E-state index in [0.29, 0.717) is 5.76 Å². The molecular formula is C20H41NO. The van der Waals surface area contributed by atoms with Crippen molar-refractivity contribution in [1.29, 1.82) is 0 Å². The number of allylic oxidation sites excluding steroid dienone is 2. The minimum atomic E-state index is 0.588. The Balaban J connectivity index is 3.04. The molecule has 132 valence electrons. The van der Waals surface area contributed by atoms with Crippen LogP contribution >= 0.6 is 0 Å². The molecule has 0 aliphatic heterocycles. The topological polar surface area (TPSA) is 46.2 Å². The molecule has 2 nitrogen and oxygen atoms in total. The van der Waals surface area contributed by atoms with E-state index in [9.17, 15) is 5.11 Å². The summed E-state index contributed by atoms with van der Waals surface area (Å²) in [6.07, 6.45) is 22.7. The molecule has 0 aliphatic carbocycles. The average Bonchev–Trinajstić information content (AvgIpc) is 2.51. The molecule has 3 N–H and O–H groups in total. The Hall–Kier alpha value is -0.500. The second kappa shape index (κ2) is 18.5. The lowest BCUT2D eigenvalue weighted by molar-refractivity contribution is 0.377. The summed E-state index contributed by atoms with van der Waals surface area (Å²) in [6, 6.07) is 0. The van der Waals surface area contributed by atoms with E-state index in [1.807, 2.05) is 6.08 Å². The summed E-state index contributed by atoms with van der Waals surface area (Å²) in [5.74, 6) is 0.588. The van der Waals surface area contributed by atoms with Crippen molar-refractivity contribution in [2.45, 2.75) is 110 Å². The first-order valence-electron chi connectivity index (χ1n) is 9.89. The van der Waals surface area contributed by atoms with E-state index in [2.05, 4.69) is 6.92 Å². The van der Waals surface area contributed by atoms with Crippen LogP contribution < -0.4 is 5.73 Å². The third-order valence-corrected chi connectivity index (χ3v) is 4.33. The van der Waals surface area contributed by atoms with Gasteiger partial charge in [-0.2, -0.15) is 0 Å². The molecule has 0 heterocycles. The Labute approximate surface area is 139 Å². The van der Waals surface area contributed by atoms with Crippen molar-refractivity contribution >= 4 is 0 Å². The van der Waals surface area contributed by atoms with E-state index in [4.69, 9.17) is 5.73 Å². The van der Waals surface area contributed by atoms with Crippen LogP contribution in [-0.2, 0) is 0 Å². The Bertz CT molecular complexity index is 238. The normalized spacial score (nSPS) is 12.0. The van der Waals surface area contributed by atoms with Crippen LogP contribution in [0.25, 0.3) is 0 Å². The van der Waals surface area contributed by atoms with E-state index in [-0.39, 0.29) is 0 Å². The minimum absolute atomic E-state index is 0.588. The van der Waals surface area contributed by atoms with Gasteiger partial charge in [-0.05, 0) is 31.9 Å². The van der Waals surface area contributed by atoms with Crippen LogP contribution in [0.1, 0.15) is 110 Å². The number of aliphatic hydroxyl groups is 1. The van der Waals surface area contributed by atoms with Gasteiger partial charge in [-0.3, -0.25) is 0 Å². The standard InChI is InChI=1S/C20H41NO/c1-2-17-20(22)18-15-13-11-9-7-5-3-4-6-8-10-12-14-16-19-21/h17,22H,2-16,18-19,21H2,1H3/b20-17+. The quantitative estimate of drug-likeness (QED) is 0.233. The molecule has 0 radical (unpaired) electrons. The zero-order valence-electron chi connectivity index (χ0n) is 15.1. The van der Waals surface area contributed by atoms with Crippen LogP contribution in [0, 0.1) is 0 Å². The largest absolute Gasteiger partial charge is 0.513 e. The Kier molecular flexibility index (Phi) is 18.1. The first-order valence-corrected chi connectivity index (χ1v) is 9.89. The Morgan fingerprint density at radius 3 is 1.41 bits per heavy atom. The van der Waals surface area contributed by atoms with Crippen molar-refractivity contribution in [3.05, 3.63) is 11.8 Å². The van der Waals surface area contributed by atoms with Crippen LogP contribution in [-0.4, -0.2) is 11.7 Å². The molecule has 0 aliphatic rings. The molecule has 0 aromatic rings. The lowest BCUT2D eigenvalue weighted by Gasteiger charge is -2.03. The lowest BCUT2D eigenvalue weighted by atomic mass is 10.0. The van der Waals surface area contributed by atoms with E-state index in [0.717, 1.165) is 25.8 Å². The molecule has 0 bridgehead atoms. The lowest BCUT2D eigenvalue weighted by Crippen LogP contribution is -1.97. The smallest absolute Gasteiger partial charge is 0.0882 e. The monoisotopic (exact) mass is 311 g/mol. The Morgan fingerprint density at radius 1 is 0.682 bits per heavy atom. The van der Waals surface area contributed by atoms with Gasteiger partial charge in [0.15, 0.2) is 0 Å². The van der Waals surface area contributed by atoms with Crippen LogP contribution in [0.4, 0.5) is 0 Å². The van der Waals surface area contributed by atoms with Gasteiger partial charge in [0.2, 0.25) is 0 Å². The Morgan fingerprint density at radius 2 is 1.05 bits per heavy atom. The number of aliphatic hydroxyl groups excluding tert-OH is 1. The molecule has 0 unspecified atom stereocenters. The van der Waals surface area contributed by atoms with E-state index >= 15 is 0 Å². The van der Waals surface area contributed by atoms with Crippen LogP contribution in [0.3, 0.4) is 0 Å². The SMILES string of the molecule is CC/C=C(/O)CCCCCCCCCCCCCCCCN. The number of unbranched alkanes of at least 4 members (excludes halogenated alkanes) is 13. The maximum Gasteiger partial charge on any atom is 0.0882 e. The van der Waals surface area contributed by atoms with E-state index < -0.39 is 0 Å². The number of hydrogen-bond acceptors (Lipinski definition) is 2. The summed E-state index contributed by atoms with van der Waals surface area (Å²) in [7, 11) is 0.